The van der Waals surface area contributed by atoms with E-state index in [9.17, 15) is 0 Å². The SMILES string of the molecule is CC(C)c1ccc(N2c3cc4c(cc3B3c5cc(C(C)C)ccc5Oc5cccc2c53)c2cc3c(cc2n4-c2ccccc2)N(c2ccc(C(C)C)cc2)c2cccc4c2B3c2cc(C(C)C)ccc2O4)cc1. The molecule has 0 saturated carbocycles. The van der Waals surface area contributed by atoms with Crippen molar-refractivity contribution in [2.75, 3.05) is 9.80 Å². The monoisotopic (exact) mass is 945 g/mol. The third kappa shape index (κ3) is 6.56. The fourth-order valence-electron chi connectivity index (χ4n) is 12.6. The maximum Gasteiger partial charge on any atom is 0.256 e. The summed E-state index contributed by atoms with van der Waals surface area (Å²) in [4.78, 5) is 5.00. The number of hydrogen-bond donors (Lipinski definition) is 0. The lowest BCUT2D eigenvalue weighted by molar-refractivity contribution is 0.487. The average Bonchev–Trinajstić information content (AvgIpc) is 3.72. The zero-order valence-corrected chi connectivity index (χ0v) is 42.9. The molecule has 0 N–H and O–H groups in total. The average molecular weight is 946 g/mol. The highest BCUT2D eigenvalue weighted by molar-refractivity contribution is 7.00. The highest BCUT2D eigenvalue weighted by atomic mass is 16.5. The molecule has 0 unspecified atom stereocenters. The van der Waals surface area contributed by atoms with Crippen LogP contribution in [-0.4, -0.2) is 18.0 Å². The molecule has 0 radical (unpaired) electrons. The van der Waals surface area contributed by atoms with Gasteiger partial charge in [0.1, 0.15) is 23.0 Å². The topological polar surface area (TPSA) is 29.9 Å². The molecule has 0 amide bonds. The van der Waals surface area contributed by atoms with Crippen molar-refractivity contribution in [2.24, 2.45) is 0 Å². The van der Waals surface area contributed by atoms with Crippen molar-refractivity contribution in [3.63, 3.8) is 0 Å². The van der Waals surface area contributed by atoms with Crippen molar-refractivity contribution < 1.29 is 9.47 Å². The fraction of sp³-hybridized carbons (Fsp3) is 0.182. The van der Waals surface area contributed by atoms with Crippen molar-refractivity contribution in [1.82, 2.24) is 4.57 Å². The van der Waals surface area contributed by atoms with Crippen molar-refractivity contribution in [3.05, 3.63) is 198 Å². The maximum atomic E-state index is 6.93. The molecule has 73 heavy (non-hydrogen) atoms. The number of anilines is 6. The molecule has 4 aliphatic heterocycles. The van der Waals surface area contributed by atoms with Gasteiger partial charge in [-0.25, -0.2) is 0 Å². The van der Waals surface area contributed by atoms with E-state index in [2.05, 4.69) is 246 Å². The van der Waals surface area contributed by atoms with Crippen LogP contribution in [0.1, 0.15) is 101 Å². The summed E-state index contributed by atoms with van der Waals surface area (Å²) in [7, 11) is 0. The van der Waals surface area contributed by atoms with Gasteiger partial charge in [-0.2, -0.15) is 0 Å². The number of hydrogen-bond acceptors (Lipinski definition) is 4. The minimum atomic E-state index is -0.0532. The van der Waals surface area contributed by atoms with Crippen LogP contribution in [0, 0.1) is 0 Å². The molecule has 0 bridgehead atoms. The molecule has 0 atom stereocenters. The van der Waals surface area contributed by atoms with Gasteiger partial charge in [-0.1, -0.05) is 146 Å². The second-order valence-corrected chi connectivity index (χ2v) is 22.0. The number of fused-ring (bicyclic) bond motifs is 11. The van der Waals surface area contributed by atoms with Gasteiger partial charge in [0.2, 0.25) is 0 Å². The van der Waals surface area contributed by atoms with Crippen LogP contribution in [0.4, 0.5) is 34.1 Å². The van der Waals surface area contributed by atoms with Gasteiger partial charge in [-0.3, -0.25) is 0 Å². The minimum absolute atomic E-state index is 0.0532. The standard InChI is InChI=1S/C66H57B2N3O2/c1-38(2)42-20-26-47(27-21-42)69-55-16-12-18-63-65(55)67(53-32-44(40(5)6)24-30-61(53)72-63)51-34-49-50-35-52-60(37-58(50)71(57(49)36-59(51)69)46-14-10-9-11-15-46)70(48-28-22-43(23-29-48)39(3)4)56-17-13-19-64-66(56)68(52)54-33-45(41(7)8)25-31-62(54)73-64/h9-41H,1-8H3. The van der Waals surface area contributed by atoms with Gasteiger partial charge < -0.3 is 23.8 Å². The molecule has 1 aromatic heterocycles. The Morgan fingerprint density at radius 3 is 1.15 bits per heavy atom. The maximum absolute atomic E-state index is 6.93. The first-order chi connectivity index (χ1) is 35.5. The molecular weight excluding hydrogens is 888 g/mol. The van der Waals surface area contributed by atoms with Crippen molar-refractivity contribution in [2.45, 2.75) is 79.1 Å². The summed E-state index contributed by atoms with van der Waals surface area (Å²) in [6.45, 7) is 18.1. The van der Waals surface area contributed by atoms with Crippen molar-refractivity contribution >= 4 is 102 Å². The predicted molar refractivity (Wildman–Crippen MR) is 309 cm³/mol. The normalized spacial score (nSPS) is 13.8. The van der Waals surface area contributed by atoms with E-state index in [1.54, 1.807) is 0 Å². The van der Waals surface area contributed by atoms with Gasteiger partial charge in [0, 0.05) is 50.6 Å². The highest BCUT2D eigenvalue weighted by Gasteiger charge is 2.45. The van der Waals surface area contributed by atoms with Crippen LogP contribution in [0.2, 0.25) is 0 Å². The first kappa shape index (κ1) is 43.9. The number of para-hydroxylation sites is 1. The molecule has 7 heteroatoms. The smallest absolute Gasteiger partial charge is 0.256 e. The molecule has 14 rings (SSSR count). The van der Waals surface area contributed by atoms with Crippen LogP contribution in [0.3, 0.4) is 0 Å². The quantitative estimate of drug-likeness (QED) is 0.149. The predicted octanol–water partition coefficient (Wildman–Crippen LogP) is 14.1. The summed E-state index contributed by atoms with van der Waals surface area (Å²) in [5, 5.41) is 2.44. The molecule has 354 valence electrons. The van der Waals surface area contributed by atoms with Gasteiger partial charge in [-0.15, -0.1) is 0 Å². The Balaban J connectivity index is 1.11. The summed E-state index contributed by atoms with van der Waals surface area (Å²) in [6.07, 6.45) is 0. The largest absolute Gasteiger partial charge is 0.458 e. The number of ether oxygens (including phenoxy) is 2. The van der Waals surface area contributed by atoms with Crippen LogP contribution >= 0.6 is 0 Å². The third-order valence-corrected chi connectivity index (χ3v) is 16.4. The Labute approximate surface area is 429 Å². The van der Waals surface area contributed by atoms with Crippen LogP contribution in [0.15, 0.2) is 176 Å². The van der Waals surface area contributed by atoms with E-state index in [1.807, 2.05) is 0 Å². The summed E-state index contributed by atoms with van der Waals surface area (Å²) < 4.78 is 16.4. The third-order valence-electron chi connectivity index (χ3n) is 16.4. The Morgan fingerprint density at radius 1 is 0.329 bits per heavy atom. The lowest BCUT2D eigenvalue weighted by Crippen LogP contribution is -2.59. The number of aromatic nitrogens is 1. The number of rotatable bonds is 7. The second kappa shape index (κ2) is 16.3. The van der Waals surface area contributed by atoms with Crippen molar-refractivity contribution in [1.29, 1.82) is 0 Å². The Hall–Kier alpha value is -7.89. The van der Waals surface area contributed by atoms with E-state index in [1.165, 1.54) is 77.2 Å². The van der Waals surface area contributed by atoms with E-state index in [0.717, 1.165) is 62.5 Å². The Morgan fingerprint density at radius 2 is 0.740 bits per heavy atom. The molecule has 0 aliphatic carbocycles. The lowest BCUT2D eigenvalue weighted by Gasteiger charge is -2.40. The van der Waals surface area contributed by atoms with Gasteiger partial charge in [-0.05, 0) is 164 Å². The molecule has 5 nitrogen and oxygen atoms in total. The molecule has 10 aromatic rings. The molecular formula is C66H57B2N3O2. The van der Waals surface area contributed by atoms with E-state index in [4.69, 9.17) is 9.47 Å². The zero-order valence-electron chi connectivity index (χ0n) is 42.9. The summed E-state index contributed by atoms with van der Waals surface area (Å²) in [5.41, 5.74) is 23.0. The summed E-state index contributed by atoms with van der Waals surface area (Å²) in [5.74, 6) is 5.25. The van der Waals surface area contributed by atoms with Crippen LogP contribution in [0.5, 0.6) is 23.0 Å². The van der Waals surface area contributed by atoms with Gasteiger partial charge >= 0.3 is 0 Å². The van der Waals surface area contributed by atoms with Crippen molar-refractivity contribution in [3.8, 4) is 28.7 Å². The molecule has 0 spiro atoms. The van der Waals surface area contributed by atoms with E-state index >= 15 is 0 Å². The molecule has 9 aromatic carbocycles. The van der Waals surface area contributed by atoms with Crippen LogP contribution in [0.25, 0.3) is 27.5 Å². The minimum Gasteiger partial charge on any atom is -0.458 e. The second-order valence-electron chi connectivity index (χ2n) is 22.0. The molecule has 0 fully saturated rings. The van der Waals surface area contributed by atoms with E-state index < -0.39 is 0 Å². The number of benzene rings is 9. The first-order valence-electron chi connectivity index (χ1n) is 26.4. The van der Waals surface area contributed by atoms with Crippen LogP contribution in [-0.2, 0) is 0 Å². The van der Waals surface area contributed by atoms with Gasteiger partial charge in [0.25, 0.3) is 13.4 Å². The Bertz CT molecular complexity index is 3660. The summed E-state index contributed by atoms with van der Waals surface area (Å²) >= 11 is 0. The first-order valence-corrected chi connectivity index (χ1v) is 26.4. The zero-order chi connectivity index (χ0) is 49.6. The van der Waals surface area contributed by atoms with Crippen LogP contribution < -0.4 is 52.1 Å². The molecule has 5 heterocycles. The van der Waals surface area contributed by atoms with E-state index in [-0.39, 0.29) is 13.4 Å². The molecule has 0 saturated heterocycles. The van der Waals surface area contributed by atoms with E-state index in [0.29, 0.717) is 23.7 Å². The lowest BCUT2D eigenvalue weighted by atomic mass is 9.33. The van der Waals surface area contributed by atoms with Gasteiger partial charge in [0.05, 0.1) is 11.0 Å². The number of nitrogens with zero attached hydrogens (tertiary/aromatic N) is 3. The Kier molecular flexibility index (Phi) is 9.80. The highest BCUT2D eigenvalue weighted by Crippen LogP contribution is 2.47. The summed E-state index contributed by atoms with van der Waals surface area (Å²) in [6, 6.07) is 66.5. The molecule has 4 aliphatic rings. The van der Waals surface area contributed by atoms with Gasteiger partial charge in [0.15, 0.2) is 0 Å². The fourth-order valence-corrected chi connectivity index (χ4v) is 12.6.